The number of nitrogens with zero attached hydrogens (tertiary/aromatic N) is 1. The molecule has 0 radical (unpaired) electrons. The fraction of sp³-hybridized carbons (Fsp3) is 0.467. The highest BCUT2D eigenvalue weighted by Crippen LogP contribution is 2.20. The van der Waals surface area contributed by atoms with Crippen molar-refractivity contribution in [1.29, 1.82) is 0 Å². The Kier molecular flexibility index (Phi) is 5.62. The number of aliphatic carboxylic acids is 1. The molecule has 0 aliphatic heterocycles. The highest BCUT2D eigenvalue weighted by Gasteiger charge is 2.34. The van der Waals surface area contributed by atoms with E-state index < -0.39 is 35.3 Å². The maximum absolute atomic E-state index is 12.3. The predicted octanol–water partition coefficient (Wildman–Crippen LogP) is 0.815. The molecule has 1 aromatic heterocycles. The van der Waals surface area contributed by atoms with Crippen LogP contribution in [0.25, 0.3) is 0 Å². The number of hydrogen-bond donors (Lipinski definition) is 3. The zero-order chi connectivity index (χ0) is 16.9. The summed E-state index contributed by atoms with van der Waals surface area (Å²) in [6.45, 7) is 6.73. The molecule has 120 valence electrons. The third-order valence-corrected chi connectivity index (χ3v) is 3.08. The van der Waals surface area contributed by atoms with Gasteiger partial charge in [-0.05, 0) is 24.5 Å². The molecule has 3 N–H and O–H groups in total. The van der Waals surface area contributed by atoms with E-state index in [-0.39, 0.29) is 0 Å². The Morgan fingerprint density at radius 2 is 1.68 bits per heavy atom. The smallest absolute Gasteiger partial charge is 0.325 e. The van der Waals surface area contributed by atoms with Crippen LogP contribution in [0.2, 0.25) is 0 Å². The third-order valence-electron chi connectivity index (χ3n) is 3.08. The second kappa shape index (κ2) is 7.02. The van der Waals surface area contributed by atoms with E-state index in [4.69, 9.17) is 5.11 Å². The molecule has 2 atom stereocenters. The molecule has 1 aromatic rings. The number of hydrogen-bond acceptors (Lipinski definition) is 4. The minimum Gasteiger partial charge on any atom is -0.480 e. The second-order valence-corrected chi connectivity index (χ2v) is 6.08. The van der Waals surface area contributed by atoms with E-state index >= 15 is 0 Å². The number of rotatable bonds is 5. The standard InChI is InChI=1S/C15H21N3O4/c1-9(14(21)22)17-13(20)11(15(2,3)4)18-12(19)10-5-7-16-8-6-10/h5-9,11H,1-4H3,(H,17,20)(H,18,19)(H,21,22). The molecule has 0 aliphatic rings. The number of carboxylic acid groups (broad SMARTS) is 1. The Morgan fingerprint density at radius 1 is 1.14 bits per heavy atom. The Hall–Kier alpha value is -2.44. The normalized spacial score (nSPS) is 13.8. The van der Waals surface area contributed by atoms with E-state index in [1.165, 1.54) is 31.5 Å². The molecule has 0 aromatic carbocycles. The molecular formula is C15H21N3O4. The highest BCUT2D eigenvalue weighted by molar-refractivity contribution is 5.98. The van der Waals surface area contributed by atoms with Gasteiger partial charge in [-0.3, -0.25) is 19.4 Å². The lowest BCUT2D eigenvalue weighted by molar-refractivity contribution is -0.142. The van der Waals surface area contributed by atoms with Crippen molar-refractivity contribution < 1.29 is 19.5 Å². The van der Waals surface area contributed by atoms with E-state index in [0.717, 1.165) is 0 Å². The quantitative estimate of drug-likeness (QED) is 0.746. The molecule has 1 heterocycles. The zero-order valence-corrected chi connectivity index (χ0v) is 13.1. The Balaban J connectivity index is 2.88. The van der Waals surface area contributed by atoms with Gasteiger partial charge in [0.25, 0.3) is 5.91 Å². The van der Waals surface area contributed by atoms with E-state index in [1.54, 1.807) is 20.8 Å². The topological polar surface area (TPSA) is 108 Å². The number of carboxylic acids is 1. The van der Waals surface area contributed by atoms with Crippen LogP contribution in [0.5, 0.6) is 0 Å². The maximum Gasteiger partial charge on any atom is 0.325 e. The number of amides is 2. The van der Waals surface area contributed by atoms with Gasteiger partial charge in [0.15, 0.2) is 0 Å². The summed E-state index contributed by atoms with van der Waals surface area (Å²) in [7, 11) is 0. The molecule has 0 bridgehead atoms. The van der Waals surface area contributed by atoms with E-state index in [2.05, 4.69) is 15.6 Å². The summed E-state index contributed by atoms with van der Waals surface area (Å²) in [5.74, 6) is -2.09. The Labute approximate surface area is 129 Å². The van der Waals surface area contributed by atoms with Crippen LogP contribution in [-0.4, -0.2) is 40.0 Å². The molecule has 0 saturated carbocycles. The number of nitrogens with one attached hydrogen (secondary N) is 2. The SMILES string of the molecule is CC(NC(=O)C(NC(=O)c1ccncc1)C(C)(C)C)C(=O)O. The molecular weight excluding hydrogens is 286 g/mol. The van der Waals surface area contributed by atoms with Crippen LogP contribution >= 0.6 is 0 Å². The minimum absolute atomic E-state index is 0.378. The van der Waals surface area contributed by atoms with Crippen LogP contribution in [0, 0.1) is 5.41 Å². The van der Waals surface area contributed by atoms with Gasteiger partial charge in [0.2, 0.25) is 5.91 Å². The summed E-state index contributed by atoms with van der Waals surface area (Å²) in [4.78, 5) is 39.1. The predicted molar refractivity (Wildman–Crippen MR) is 80.2 cm³/mol. The van der Waals surface area contributed by atoms with Gasteiger partial charge in [0, 0.05) is 18.0 Å². The lowest BCUT2D eigenvalue weighted by atomic mass is 9.85. The van der Waals surface area contributed by atoms with Gasteiger partial charge < -0.3 is 15.7 Å². The highest BCUT2D eigenvalue weighted by atomic mass is 16.4. The summed E-state index contributed by atoms with van der Waals surface area (Å²) in [5.41, 5.74) is -0.200. The van der Waals surface area contributed by atoms with Crippen LogP contribution in [0.4, 0.5) is 0 Å². The summed E-state index contributed by atoms with van der Waals surface area (Å²) in [6, 6.07) is 1.17. The summed E-state index contributed by atoms with van der Waals surface area (Å²) in [6.07, 6.45) is 2.96. The largest absolute Gasteiger partial charge is 0.480 e. The first kappa shape index (κ1) is 17.6. The monoisotopic (exact) mass is 307 g/mol. The fourth-order valence-electron chi connectivity index (χ4n) is 1.75. The van der Waals surface area contributed by atoms with Gasteiger partial charge in [-0.1, -0.05) is 20.8 Å². The molecule has 2 unspecified atom stereocenters. The molecule has 0 aliphatic carbocycles. The van der Waals surface area contributed by atoms with Crippen molar-refractivity contribution in [2.75, 3.05) is 0 Å². The first-order chi connectivity index (χ1) is 10.1. The summed E-state index contributed by atoms with van der Waals surface area (Å²) >= 11 is 0. The van der Waals surface area contributed by atoms with Crippen LogP contribution < -0.4 is 10.6 Å². The Morgan fingerprint density at radius 3 is 2.14 bits per heavy atom. The van der Waals surface area contributed by atoms with Crippen LogP contribution in [0.3, 0.4) is 0 Å². The zero-order valence-electron chi connectivity index (χ0n) is 13.1. The van der Waals surface area contributed by atoms with Gasteiger partial charge in [-0.15, -0.1) is 0 Å². The van der Waals surface area contributed by atoms with Crippen LogP contribution in [0.15, 0.2) is 24.5 Å². The second-order valence-electron chi connectivity index (χ2n) is 6.08. The molecule has 2 amide bonds. The van der Waals surface area contributed by atoms with Gasteiger partial charge in [-0.25, -0.2) is 0 Å². The van der Waals surface area contributed by atoms with Crippen molar-refractivity contribution in [1.82, 2.24) is 15.6 Å². The molecule has 7 nitrogen and oxygen atoms in total. The van der Waals surface area contributed by atoms with Crippen molar-refractivity contribution in [2.24, 2.45) is 5.41 Å². The minimum atomic E-state index is -1.14. The van der Waals surface area contributed by atoms with Gasteiger partial charge >= 0.3 is 5.97 Å². The summed E-state index contributed by atoms with van der Waals surface area (Å²) < 4.78 is 0. The average molecular weight is 307 g/mol. The van der Waals surface area contributed by atoms with E-state index in [1.807, 2.05) is 0 Å². The van der Waals surface area contributed by atoms with Crippen molar-refractivity contribution in [3.63, 3.8) is 0 Å². The molecule has 1 rings (SSSR count). The van der Waals surface area contributed by atoms with Gasteiger partial charge in [0.1, 0.15) is 12.1 Å². The van der Waals surface area contributed by atoms with Crippen molar-refractivity contribution in [3.05, 3.63) is 30.1 Å². The van der Waals surface area contributed by atoms with E-state index in [0.29, 0.717) is 5.56 Å². The van der Waals surface area contributed by atoms with Gasteiger partial charge in [0.05, 0.1) is 0 Å². The summed E-state index contributed by atoms with van der Waals surface area (Å²) in [5, 5.41) is 13.9. The maximum atomic E-state index is 12.3. The fourth-order valence-corrected chi connectivity index (χ4v) is 1.75. The molecule has 0 spiro atoms. The molecule has 0 saturated heterocycles. The number of carbonyl (C=O) groups is 3. The lowest BCUT2D eigenvalue weighted by Gasteiger charge is -2.31. The van der Waals surface area contributed by atoms with E-state index in [9.17, 15) is 14.4 Å². The molecule has 7 heteroatoms. The van der Waals surface area contributed by atoms with Crippen molar-refractivity contribution in [3.8, 4) is 0 Å². The first-order valence-electron chi connectivity index (χ1n) is 6.87. The third kappa shape index (κ3) is 4.83. The molecule has 0 fully saturated rings. The van der Waals surface area contributed by atoms with Crippen LogP contribution in [0.1, 0.15) is 38.1 Å². The van der Waals surface area contributed by atoms with Gasteiger partial charge in [-0.2, -0.15) is 0 Å². The van der Waals surface area contributed by atoms with Crippen molar-refractivity contribution in [2.45, 2.75) is 39.8 Å². The average Bonchev–Trinajstić information content (AvgIpc) is 2.43. The van der Waals surface area contributed by atoms with Crippen LogP contribution in [-0.2, 0) is 9.59 Å². The Bertz CT molecular complexity index is 552. The number of carbonyl (C=O) groups excluding carboxylic acids is 2. The number of pyridine rings is 1. The molecule has 22 heavy (non-hydrogen) atoms. The van der Waals surface area contributed by atoms with Crippen molar-refractivity contribution >= 4 is 17.8 Å². The lowest BCUT2D eigenvalue weighted by Crippen LogP contribution is -2.56. The first-order valence-corrected chi connectivity index (χ1v) is 6.87. The number of aromatic nitrogens is 1.